The van der Waals surface area contributed by atoms with Crippen LogP contribution in [0.5, 0.6) is 0 Å². The summed E-state index contributed by atoms with van der Waals surface area (Å²) in [7, 11) is -4.44. The van der Waals surface area contributed by atoms with Crippen molar-refractivity contribution in [3.8, 4) is 0 Å². The third-order valence-corrected chi connectivity index (χ3v) is 6.74. The summed E-state index contributed by atoms with van der Waals surface area (Å²) in [5.74, 6) is -0.572. The van der Waals surface area contributed by atoms with E-state index in [1.807, 2.05) is 0 Å². The zero-order valence-corrected chi connectivity index (χ0v) is 17.3. The molecule has 0 unspecified atom stereocenters. The lowest BCUT2D eigenvalue weighted by molar-refractivity contribution is 0.0440. The maximum Gasteiger partial charge on any atom is 0.338 e. The molecule has 28 heavy (non-hydrogen) atoms. The summed E-state index contributed by atoms with van der Waals surface area (Å²) in [5.41, 5.74) is 0.393. The number of nitrogens with zero attached hydrogens (tertiary/aromatic N) is 1. The number of carbonyl (C=O) groups excluding carboxylic acids is 1. The van der Waals surface area contributed by atoms with Gasteiger partial charge in [0.15, 0.2) is 0 Å². The summed E-state index contributed by atoms with van der Waals surface area (Å²) in [6.07, 6.45) is 0.464. The first-order valence-corrected chi connectivity index (χ1v) is 11.4. The van der Waals surface area contributed by atoms with E-state index in [1.165, 1.54) is 50.5 Å². The van der Waals surface area contributed by atoms with Crippen molar-refractivity contribution in [1.29, 1.82) is 0 Å². The predicted octanol–water partition coefficient (Wildman–Crippen LogP) is 2.04. The number of ether oxygens (including phenoxy) is 1. The maximum absolute atomic E-state index is 12.2. The molecule has 0 aliphatic carbocycles. The fourth-order valence-corrected chi connectivity index (χ4v) is 4.12. The van der Waals surface area contributed by atoms with Crippen molar-refractivity contribution in [2.45, 2.75) is 25.0 Å². The third-order valence-electron chi connectivity index (χ3n) is 3.56. The number of hydrogen-bond donors (Lipinski definition) is 1. The highest BCUT2D eigenvalue weighted by molar-refractivity contribution is 7.92. The standard InChI is InChI=1S/C17H22N2O7S2/c1-4-10-27(21,22)18-14-7-5-6-13(11-14)17(20)25-12-15-8-9-16(26-15)28(23,24)19(2)3/h5-9,11,18H,4,10,12H2,1-3H3. The number of carbonyl (C=O) groups is 1. The van der Waals surface area contributed by atoms with Gasteiger partial charge in [0.2, 0.25) is 15.1 Å². The Morgan fingerprint density at radius 1 is 1.14 bits per heavy atom. The SMILES string of the molecule is CCCS(=O)(=O)Nc1cccc(C(=O)OCc2ccc(S(=O)(=O)N(C)C)o2)c1. The molecule has 1 N–H and O–H groups in total. The van der Waals surface area contributed by atoms with Crippen molar-refractivity contribution in [2.24, 2.45) is 0 Å². The Kier molecular flexibility index (Phi) is 6.86. The Balaban J connectivity index is 2.04. The molecule has 0 aliphatic heterocycles. The van der Waals surface area contributed by atoms with Crippen molar-refractivity contribution in [2.75, 3.05) is 24.6 Å². The first-order chi connectivity index (χ1) is 13.0. The first-order valence-electron chi connectivity index (χ1n) is 8.34. The molecule has 0 amide bonds. The molecule has 154 valence electrons. The van der Waals surface area contributed by atoms with Crippen LogP contribution in [-0.2, 0) is 31.4 Å². The third kappa shape index (κ3) is 5.57. The van der Waals surface area contributed by atoms with E-state index in [1.54, 1.807) is 6.92 Å². The molecule has 0 radical (unpaired) electrons. The Bertz CT molecular complexity index is 1040. The van der Waals surface area contributed by atoms with Gasteiger partial charge in [-0.2, -0.15) is 0 Å². The Hall–Kier alpha value is -2.37. The van der Waals surface area contributed by atoms with Gasteiger partial charge in [-0.15, -0.1) is 0 Å². The van der Waals surface area contributed by atoms with Gasteiger partial charge in [0, 0.05) is 19.8 Å². The minimum Gasteiger partial charge on any atom is -0.454 e. The molecule has 1 aromatic heterocycles. The highest BCUT2D eigenvalue weighted by Crippen LogP contribution is 2.19. The van der Waals surface area contributed by atoms with Crippen LogP contribution in [0.4, 0.5) is 5.69 Å². The molecule has 1 aromatic carbocycles. The Morgan fingerprint density at radius 3 is 2.50 bits per heavy atom. The molecule has 0 bridgehead atoms. The monoisotopic (exact) mass is 430 g/mol. The van der Waals surface area contributed by atoms with Crippen LogP contribution in [0.25, 0.3) is 0 Å². The average Bonchev–Trinajstić information content (AvgIpc) is 3.09. The van der Waals surface area contributed by atoms with E-state index in [9.17, 15) is 21.6 Å². The lowest BCUT2D eigenvalue weighted by atomic mass is 10.2. The van der Waals surface area contributed by atoms with E-state index in [0.717, 1.165) is 4.31 Å². The molecule has 1 heterocycles. The van der Waals surface area contributed by atoms with Crippen molar-refractivity contribution in [3.63, 3.8) is 0 Å². The second kappa shape index (κ2) is 8.76. The molecular formula is C17H22N2O7S2. The zero-order valence-electron chi connectivity index (χ0n) is 15.7. The van der Waals surface area contributed by atoms with Crippen LogP contribution >= 0.6 is 0 Å². The molecule has 2 rings (SSSR count). The smallest absolute Gasteiger partial charge is 0.338 e. The van der Waals surface area contributed by atoms with Gasteiger partial charge in [-0.3, -0.25) is 4.72 Å². The summed E-state index contributed by atoms with van der Waals surface area (Å²) in [6.45, 7) is 1.48. The van der Waals surface area contributed by atoms with E-state index in [4.69, 9.17) is 9.15 Å². The minimum atomic E-state index is -3.71. The van der Waals surface area contributed by atoms with Gasteiger partial charge < -0.3 is 9.15 Å². The van der Waals surface area contributed by atoms with Crippen LogP contribution in [0.2, 0.25) is 0 Å². The number of benzene rings is 1. The largest absolute Gasteiger partial charge is 0.454 e. The number of nitrogens with one attached hydrogen (secondary N) is 1. The number of esters is 1. The van der Waals surface area contributed by atoms with Crippen LogP contribution in [0.1, 0.15) is 29.5 Å². The molecule has 0 fully saturated rings. The Morgan fingerprint density at radius 2 is 1.86 bits per heavy atom. The second-order valence-electron chi connectivity index (χ2n) is 6.09. The average molecular weight is 431 g/mol. The minimum absolute atomic E-state index is 0.0294. The van der Waals surface area contributed by atoms with Crippen LogP contribution in [0.15, 0.2) is 45.9 Å². The van der Waals surface area contributed by atoms with E-state index < -0.39 is 26.0 Å². The molecule has 2 aromatic rings. The van der Waals surface area contributed by atoms with Crippen LogP contribution in [0.3, 0.4) is 0 Å². The van der Waals surface area contributed by atoms with Crippen LogP contribution in [0, 0.1) is 0 Å². The van der Waals surface area contributed by atoms with E-state index in [-0.39, 0.29) is 34.5 Å². The fraction of sp³-hybridized carbons (Fsp3) is 0.353. The lowest BCUT2D eigenvalue weighted by Crippen LogP contribution is -2.21. The highest BCUT2D eigenvalue weighted by Gasteiger charge is 2.22. The van der Waals surface area contributed by atoms with Crippen molar-refractivity contribution >= 4 is 31.7 Å². The number of rotatable bonds is 9. The van der Waals surface area contributed by atoms with Crippen molar-refractivity contribution < 1.29 is 30.8 Å². The summed E-state index contributed by atoms with van der Waals surface area (Å²) in [4.78, 5) is 12.2. The summed E-state index contributed by atoms with van der Waals surface area (Å²) in [5, 5.41) is -0.254. The van der Waals surface area contributed by atoms with Crippen molar-refractivity contribution in [3.05, 3.63) is 47.7 Å². The molecule has 0 atom stereocenters. The van der Waals surface area contributed by atoms with Gasteiger partial charge in [-0.25, -0.2) is 25.9 Å². The highest BCUT2D eigenvalue weighted by atomic mass is 32.2. The quantitative estimate of drug-likeness (QED) is 0.604. The first kappa shape index (κ1) is 21.9. The lowest BCUT2D eigenvalue weighted by Gasteiger charge is -2.09. The normalized spacial score (nSPS) is 12.1. The van der Waals surface area contributed by atoms with E-state index >= 15 is 0 Å². The van der Waals surface area contributed by atoms with Gasteiger partial charge in [0.05, 0.1) is 11.3 Å². The molecule has 0 saturated carbocycles. The molecular weight excluding hydrogens is 408 g/mol. The van der Waals surface area contributed by atoms with Crippen molar-refractivity contribution in [1.82, 2.24) is 4.31 Å². The summed E-state index contributed by atoms with van der Waals surface area (Å²) in [6, 6.07) is 8.56. The Labute approximate surface area is 164 Å². The topological polar surface area (TPSA) is 123 Å². The van der Waals surface area contributed by atoms with Gasteiger partial charge in [-0.05, 0) is 36.8 Å². The molecule has 9 nitrogen and oxygen atoms in total. The van der Waals surface area contributed by atoms with E-state index in [0.29, 0.717) is 6.42 Å². The number of anilines is 1. The molecule has 0 spiro atoms. The van der Waals surface area contributed by atoms with Gasteiger partial charge in [0.25, 0.3) is 10.0 Å². The second-order valence-corrected chi connectivity index (χ2v) is 10.0. The zero-order chi connectivity index (χ0) is 20.9. The van der Waals surface area contributed by atoms with E-state index in [2.05, 4.69) is 4.72 Å². The van der Waals surface area contributed by atoms with Crippen LogP contribution < -0.4 is 4.72 Å². The summed E-state index contributed by atoms with van der Waals surface area (Å²) >= 11 is 0. The maximum atomic E-state index is 12.2. The predicted molar refractivity (Wildman–Crippen MR) is 103 cm³/mol. The molecule has 0 aliphatic rings. The van der Waals surface area contributed by atoms with Gasteiger partial charge in [0.1, 0.15) is 12.4 Å². The fourth-order valence-electron chi connectivity index (χ4n) is 2.18. The number of sulfonamides is 2. The molecule has 11 heteroatoms. The van der Waals surface area contributed by atoms with Gasteiger partial charge >= 0.3 is 5.97 Å². The number of hydrogen-bond acceptors (Lipinski definition) is 7. The van der Waals surface area contributed by atoms with Gasteiger partial charge in [-0.1, -0.05) is 13.0 Å². The summed E-state index contributed by atoms with van der Waals surface area (Å²) < 4.78 is 61.3. The molecule has 0 saturated heterocycles. The number of furan rings is 1. The van der Waals surface area contributed by atoms with Crippen LogP contribution in [-0.4, -0.2) is 47.0 Å².